The van der Waals surface area contributed by atoms with Crippen LogP contribution in [0.4, 0.5) is 4.39 Å². The largest absolute Gasteiger partial charge is 0.490 e. The number of hydrogen-bond acceptors (Lipinski definition) is 4. The fraction of sp³-hybridized carbons (Fsp3) is 0.562. The van der Waals surface area contributed by atoms with Crippen molar-refractivity contribution in [2.75, 3.05) is 25.4 Å². The Bertz CT molecular complexity index is 700. The van der Waals surface area contributed by atoms with Crippen LogP contribution in [0.3, 0.4) is 0 Å². The summed E-state index contributed by atoms with van der Waals surface area (Å²) >= 11 is 0. The van der Waals surface area contributed by atoms with Crippen LogP contribution in [0.2, 0.25) is 0 Å². The van der Waals surface area contributed by atoms with Gasteiger partial charge in [-0.3, -0.25) is 4.79 Å². The van der Waals surface area contributed by atoms with Gasteiger partial charge in [0.1, 0.15) is 0 Å². The van der Waals surface area contributed by atoms with E-state index in [-0.39, 0.29) is 30.2 Å². The molecule has 0 atom stereocenters. The lowest BCUT2D eigenvalue weighted by molar-refractivity contribution is 0.0759. The zero-order valence-electron chi connectivity index (χ0n) is 13.6. The van der Waals surface area contributed by atoms with Crippen LogP contribution in [0.15, 0.2) is 18.2 Å². The first-order valence-corrected chi connectivity index (χ1v) is 9.28. The molecule has 2 rings (SSSR count). The molecule has 1 aliphatic rings. The molecule has 0 aliphatic carbocycles. The number of amides is 1. The molecule has 1 amide bonds. The molecule has 1 aromatic rings. The second-order valence-electron chi connectivity index (χ2n) is 6.17. The first kappa shape index (κ1) is 17.7. The Hall–Kier alpha value is -1.63. The zero-order valence-corrected chi connectivity index (χ0v) is 14.5. The second kappa shape index (κ2) is 6.47. The maximum Gasteiger partial charge on any atom is 0.257 e. The Morgan fingerprint density at radius 3 is 2.70 bits per heavy atom. The minimum atomic E-state index is -3.27. The summed E-state index contributed by atoms with van der Waals surface area (Å²) in [6, 6.07) is 4.18. The average molecular weight is 343 g/mol. The van der Waals surface area contributed by atoms with Gasteiger partial charge in [-0.05, 0) is 39.3 Å². The van der Waals surface area contributed by atoms with Crippen LogP contribution in [0.5, 0.6) is 5.75 Å². The van der Waals surface area contributed by atoms with Crippen molar-refractivity contribution in [2.24, 2.45) is 0 Å². The third kappa shape index (κ3) is 3.49. The van der Waals surface area contributed by atoms with Crippen molar-refractivity contribution >= 4 is 15.7 Å². The fourth-order valence-electron chi connectivity index (χ4n) is 2.52. The van der Waals surface area contributed by atoms with E-state index in [0.717, 1.165) is 0 Å². The number of nitrogens with zero attached hydrogens (tertiary/aromatic N) is 1. The van der Waals surface area contributed by atoms with Crippen molar-refractivity contribution < 1.29 is 22.3 Å². The Kier molecular flexibility index (Phi) is 4.98. The molecule has 0 spiro atoms. The molecular formula is C16H22FNO4S. The van der Waals surface area contributed by atoms with Crippen molar-refractivity contribution in [3.05, 3.63) is 29.6 Å². The smallest absolute Gasteiger partial charge is 0.257 e. The molecule has 1 saturated heterocycles. The van der Waals surface area contributed by atoms with Gasteiger partial charge in [0.2, 0.25) is 0 Å². The predicted molar refractivity (Wildman–Crippen MR) is 86.0 cm³/mol. The maximum atomic E-state index is 13.9. The third-order valence-corrected chi connectivity index (χ3v) is 6.84. The number of carbonyl (C=O) groups excluding carboxylic acids is 1. The number of hydrogen-bond donors (Lipinski definition) is 0. The van der Waals surface area contributed by atoms with Crippen LogP contribution in [-0.4, -0.2) is 49.4 Å². The van der Waals surface area contributed by atoms with Crippen LogP contribution in [0.25, 0.3) is 0 Å². The standard InChI is InChI=1S/C16H22FNO4S/c1-4-22-14-12(6-5-7-13(14)17)15(19)18-9-8-16(2,3)23(20,21)11-10-18/h5-7H,4,8-11H2,1-3H3. The minimum Gasteiger partial charge on any atom is -0.490 e. The molecule has 0 bridgehead atoms. The number of rotatable bonds is 3. The molecule has 128 valence electrons. The summed E-state index contributed by atoms with van der Waals surface area (Å²) in [4.78, 5) is 14.2. The molecule has 1 aromatic carbocycles. The van der Waals surface area contributed by atoms with E-state index in [1.807, 2.05) is 0 Å². The summed E-state index contributed by atoms with van der Waals surface area (Å²) in [5.74, 6) is -1.17. The van der Waals surface area contributed by atoms with Gasteiger partial charge in [0.05, 0.1) is 22.7 Å². The summed E-state index contributed by atoms with van der Waals surface area (Å²) in [6.45, 7) is 5.71. The van der Waals surface area contributed by atoms with Crippen molar-refractivity contribution in [3.8, 4) is 5.75 Å². The van der Waals surface area contributed by atoms with Gasteiger partial charge < -0.3 is 9.64 Å². The average Bonchev–Trinajstić information content (AvgIpc) is 2.58. The normalized spacial score (nSPS) is 19.9. The zero-order chi connectivity index (χ0) is 17.3. The highest BCUT2D eigenvalue weighted by Gasteiger charge is 2.38. The van der Waals surface area contributed by atoms with Crippen LogP contribution >= 0.6 is 0 Å². The molecule has 5 nitrogen and oxygen atoms in total. The van der Waals surface area contributed by atoms with Gasteiger partial charge in [-0.2, -0.15) is 0 Å². The molecule has 23 heavy (non-hydrogen) atoms. The molecule has 0 unspecified atom stereocenters. The molecule has 0 N–H and O–H groups in total. The summed E-state index contributed by atoms with van der Waals surface area (Å²) in [5, 5.41) is 0. The van der Waals surface area contributed by atoms with E-state index < -0.39 is 26.3 Å². The van der Waals surface area contributed by atoms with Crippen molar-refractivity contribution in [2.45, 2.75) is 31.9 Å². The number of carbonyl (C=O) groups is 1. The molecule has 1 fully saturated rings. The van der Waals surface area contributed by atoms with E-state index in [1.165, 1.54) is 23.1 Å². The molecule has 7 heteroatoms. The Labute approximate surface area is 136 Å². The summed E-state index contributed by atoms with van der Waals surface area (Å²) < 4.78 is 42.7. The molecule has 0 aromatic heterocycles. The van der Waals surface area contributed by atoms with Gasteiger partial charge in [-0.1, -0.05) is 6.07 Å². The van der Waals surface area contributed by atoms with Gasteiger partial charge in [0, 0.05) is 13.1 Å². The highest BCUT2D eigenvalue weighted by atomic mass is 32.2. The van der Waals surface area contributed by atoms with E-state index in [1.54, 1.807) is 20.8 Å². The number of halogens is 1. The Morgan fingerprint density at radius 1 is 1.35 bits per heavy atom. The van der Waals surface area contributed by atoms with Crippen LogP contribution in [0, 0.1) is 5.82 Å². The second-order valence-corrected chi connectivity index (χ2v) is 8.91. The molecule has 1 aliphatic heterocycles. The van der Waals surface area contributed by atoms with Crippen molar-refractivity contribution in [1.29, 1.82) is 0 Å². The highest BCUT2D eigenvalue weighted by molar-refractivity contribution is 7.92. The number of ether oxygens (including phenoxy) is 1. The molecule has 0 radical (unpaired) electrons. The molecule has 0 saturated carbocycles. The van der Waals surface area contributed by atoms with Gasteiger partial charge >= 0.3 is 0 Å². The lowest BCUT2D eigenvalue weighted by atomic mass is 10.1. The quantitative estimate of drug-likeness (QED) is 0.844. The summed E-state index contributed by atoms with van der Waals surface area (Å²) in [6.07, 6.45) is 0.348. The monoisotopic (exact) mass is 343 g/mol. The lowest BCUT2D eigenvalue weighted by Gasteiger charge is -2.23. The predicted octanol–water partition coefficient (Wildman–Crippen LogP) is 2.26. The Balaban J connectivity index is 2.30. The van der Waals surface area contributed by atoms with E-state index in [2.05, 4.69) is 0 Å². The fourth-order valence-corrected chi connectivity index (χ4v) is 3.94. The van der Waals surface area contributed by atoms with Crippen LogP contribution in [-0.2, 0) is 9.84 Å². The van der Waals surface area contributed by atoms with Crippen LogP contribution < -0.4 is 4.74 Å². The summed E-state index contributed by atoms with van der Waals surface area (Å²) in [5.41, 5.74) is 0.129. The van der Waals surface area contributed by atoms with Crippen LogP contribution in [0.1, 0.15) is 37.6 Å². The highest BCUT2D eigenvalue weighted by Crippen LogP contribution is 2.28. The van der Waals surface area contributed by atoms with E-state index in [4.69, 9.17) is 4.74 Å². The molecular weight excluding hydrogens is 321 g/mol. The number of para-hydroxylation sites is 1. The van der Waals surface area contributed by atoms with Crippen molar-refractivity contribution in [1.82, 2.24) is 4.90 Å². The SMILES string of the molecule is CCOc1c(F)cccc1C(=O)N1CCC(C)(C)S(=O)(=O)CC1. The van der Waals surface area contributed by atoms with E-state index >= 15 is 0 Å². The number of benzene rings is 1. The van der Waals surface area contributed by atoms with Gasteiger partial charge in [-0.25, -0.2) is 12.8 Å². The van der Waals surface area contributed by atoms with E-state index in [0.29, 0.717) is 13.0 Å². The maximum absolute atomic E-state index is 13.9. The Morgan fingerprint density at radius 2 is 2.04 bits per heavy atom. The number of sulfone groups is 1. The first-order chi connectivity index (χ1) is 10.7. The minimum absolute atomic E-state index is 0.0774. The van der Waals surface area contributed by atoms with Gasteiger partial charge in [0.15, 0.2) is 21.4 Å². The van der Waals surface area contributed by atoms with Gasteiger partial charge in [0.25, 0.3) is 5.91 Å². The van der Waals surface area contributed by atoms with E-state index in [9.17, 15) is 17.6 Å². The van der Waals surface area contributed by atoms with Crippen molar-refractivity contribution in [3.63, 3.8) is 0 Å². The molecule has 1 heterocycles. The van der Waals surface area contributed by atoms with Gasteiger partial charge in [-0.15, -0.1) is 0 Å². The topological polar surface area (TPSA) is 63.7 Å². The summed E-state index contributed by atoms with van der Waals surface area (Å²) in [7, 11) is -3.27. The lowest BCUT2D eigenvalue weighted by Crippen LogP contribution is -2.34. The first-order valence-electron chi connectivity index (χ1n) is 7.62. The third-order valence-electron chi connectivity index (χ3n) is 4.23.